The molecule has 21 heavy (non-hydrogen) atoms. The third kappa shape index (κ3) is 2.01. The van der Waals surface area contributed by atoms with E-state index >= 15 is 0 Å². The number of hydrogen-bond acceptors (Lipinski definition) is 6. The van der Waals surface area contributed by atoms with Crippen LogP contribution in [0.4, 0.5) is 0 Å². The van der Waals surface area contributed by atoms with Crippen molar-refractivity contribution in [2.45, 2.75) is 0 Å². The van der Waals surface area contributed by atoms with Crippen LogP contribution in [0.1, 0.15) is 5.01 Å². The first-order valence-electron chi connectivity index (χ1n) is 5.82. The van der Waals surface area contributed by atoms with Gasteiger partial charge in [-0.1, -0.05) is 5.21 Å². The van der Waals surface area contributed by atoms with Crippen molar-refractivity contribution in [3.63, 3.8) is 0 Å². The van der Waals surface area contributed by atoms with Crippen LogP contribution in [0.15, 0.2) is 36.7 Å². The Labute approximate surface area is 129 Å². The maximum Gasteiger partial charge on any atom is 0.195 e. The summed E-state index contributed by atoms with van der Waals surface area (Å²) < 4.78 is 2.67. The summed E-state index contributed by atoms with van der Waals surface area (Å²) in [6, 6.07) is 9.53. The van der Waals surface area contributed by atoms with E-state index in [1.807, 2.05) is 24.3 Å². The average Bonchev–Trinajstić information content (AvgIpc) is 3.11. The van der Waals surface area contributed by atoms with Gasteiger partial charge in [0, 0.05) is 12.4 Å². The summed E-state index contributed by atoms with van der Waals surface area (Å²) in [6.45, 7) is 0. The number of halogens is 1. The van der Waals surface area contributed by atoms with E-state index in [0.29, 0.717) is 5.01 Å². The van der Waals surface area contributed by atoms with Gasteiger partial charge in [0.25, 0.3) is 0 Å². The molecule has 0 spiro atoms. The van der Waals surface area contributed by atoms with E-state index in [-0.39, 0.29) is 12.4 Å². The van der Waals surface area contributed by atoms with Crippen LogP contribution >= 0.6 is 23.7 Å². The molecule has 0 radical (unpaired) electrons. The highest BCUT2D eigenvalue weighted by atomic mass is 35.5. The maximum atomic E-state index is 9.00. The Kier molecular flexibility index (Phi) is 3.25. The lowest BCUT2D eigenvalue weighted by atomic mass is 10.3. The van der Waals surface area contributed by atoms with Gasteiger partial charge < -0.3 is 0 Å². The van der Waals surface area contributed by atoms with Gasteiger partial charge >= 0.3 is 0 Å². The van der Waals surface area contributed by atoms with Crippen molar-refractivity contribution in [1.82, 2.24) is 25.0 Å². The molecule has 0 aliphatic carbocycles. The summed E-state index contributed by atoms with van der Waals surface area (Å²) in [5.41, 5.74) is 3.31. The molecule has 0 saturated carbocycles. The fourth-order valence-corrected chi connectivity index (χ4v) is 2.99. The summed E-state index contributed by atoms with van der Waals surface area (Å²) in [5, 5.41) is 17.8. The molecule has 0 unspecified atom stereocenters. The largest absolute Gasteiger partial charge is 0.265 e. The molecular formula is C13H7ClN6S. The second kappa shape index (κ2) is 5.09. The second-order valence-corrected chi connectivity index (χ2v) is 5.12. The van der Waals surface area contributed by atoms with Crippen LogP contribution in [0.25, 0.3) is 26.9 Å². The molecule has 0 fully saturated rings. The van der Waals surface area contributed by atoms with E-state index in [9.17, 15) is 0 Å². The van der Waals surface area contributed by atoms with Gasteiger partial charge in [-0.05, 0) is 24.3 Å². The third-order valence-corrected chi connectivity index (χ3v) is 3.95. The molecule has 0 saturated heterocycles. The molecule has 3 heterocycles. The molecule has 0 amide bonds. The lowest BCUT2D eigenvalue weighted by Crippen LogP contribution is -1.96. The summed E-state index contributed by atoms with van der Waals surface area (Å²) in [6.07, 6.45) is 3.41. The molecule has 4 aromatic rings. The molecule has 4 rings (SSSR count). The Morgan fingerprint density at radius 2 is 1.86 bits per heavy atom. The lowest BCUT2D eigenvalue weighted by Gasteiger charge is -2.01. The second-order valence-electron chi connectivity index (χ2n) is 4.12. The van der Waals surface area contributed by atoms with Crippen molar-refractivity contribution < 1.29 is 0 Å². The van der Waals surface area contributed by atoms with Gasteiger partial charge in [0.2, 0.25) is 0 Å². The Hall–Kier alpha value is -2.56. The summed E-state index contributed by atoms with van der Waals surface area (Å²) in [7, 11) is 0. The highest BCUT2D eigenvalue weighted by Gasteiger charge is 2.14. The zero-order chi connectivity index (χ0) is 13.5. The third-order valence-electron chi connectivity index (χ3n) is 2.97. The topological polar surface area (TPSA) is 80.3 Å². The maximum absolute atomic E-state index is 9.00. The van der Waals surface area contributed by atoms with Crippen LogP contribution in [0, 0.1) is 11.3 Å². The summed E-state index contributed by atoms with van der Waals surface area (Å²) >= 11 is 1.35. The Bertz CT molecular complexity index is 969. The molecule has 0 aliphatic heterocycles. The van der Waals surface area contributed by atoms with E-state index in [4.69, 9.17) is 5.26 Å². The number of pyridine rings is 1. The van der Waals surface area contributed by atoms with Crippen LogP contribution < -0.4 is 0 Å². The highest BCUT2D eigenvalue weighted by Crippen LogP contribution is 2.30. The van der Waals surface area contributed by atoms with E-state index in [2.05, 4.69) is 26.3 Å². The molecule has 0 atom stereocenters. The Morgan fingerprint density at radius 3 is 2.62 bits per heavy atom. The van der Waals surface area contributed by atoms with Gasteiger partial charge in [-0.25, -0.2) is 9.67 Å². The number of nitrogens with zero attached hydrogens (tertiary/aromatic N) is 6. The van der Waals surface area contributed by atoms with E-state index in [1.54, 1.807) is 17.1 Å². The molecule has 6 nitrogen and oxygen atoms in total. The minimum atomic E-state index is 0. The molecule has 3 aromatic heterocycles. The van der Waals surface area contributed by atoms with Gasteiger partial charge in [-0.15, -0.1) is 28.8 Å². The lowest BCUT2D eigenvalue weighted by molar-refractivity contribution is 0.824. The fraction of sp³-hybridized carbons (Fsp3) is 0. The number of aromatic nitrogens is 5. The number of benzene rings is 1. The fourth-order valence-electron chi connectivity index (χ4n) is 2.10. The van der Waals surface area contributed by atoms with E-state index < -0.39 is 0 Å². The van der Waals surface area contributed by atoms with Crippen LogP contribution in [0.3, 0.4) is 0 Å². The minimum absolute atomic E-state index is 0. The predicted octanol–water partition coefficient (Wildman–Crippen LogP) is 2.72. The predicted molar refractivity (Wildman–Crippen MR) is 81.8 cm³/mol. The monoisotopic (exact) mass is 314 g/mol. The first-order chi connectivity index (χ1) is 9.86. The summed E-state index contributed by atoms with van der Waals surface area (Å²) in [5.74, 6) is 0. The molecule has 0 bridgehead atoms. The van der Waals surface area contributed by atoms with Crippen LogP contribution in [0.5, 0.6) is 0 Å². The van der Waals surface area contributed by atoms with Gasteiger partial charge in [-0.2, -0.15) is 5.26 Å². The number of fused-ring (bicyclic) bond motifs is 3. The normalized spacial score (nSPS) is 10.4. The first kappa shape index (κ1) is 13.4. The molecule has 8 heteroatoms. The summed E-state index contributed by atoms with van der Waals surface area (Å²) in [4.78, 5) is 8.27. The molecule has 102 valence electrons. The van der Waals surface area contributed by atoms with Gasteiger partial charge in [0.15, 0.2) is 5.01 Å². The Morgan fingerprint density at radius 1 is 1.10 bits per heavy atom. The average molecular weight is 315 g/mol. The molecule has 0 aliphatic rings. The molecular weight excluding hydrogens is 308 g/mol. The highest BCUT2D eigenvalue weighted by molar-refractivity contribution is 7.20. The smallest absolute Gasteiger partial charge is 0.195 e. The quantitative estimate of drug-likeness (QED) is 0.539. The number of rotatable bonds is 1. The van der Waals surface area contributed by atoms with Crippen LogP contribution in [-0.2, 0) is 0 Å². The van der Waals surface area contributed by atoms with Crippen molar-refractivity contribution >= 4 is 45.0 Å². The van der Waals surface area contributed by atoms with Crippen molar-refractivity contribution in [2.24, 2.45) is 0 Å². The van der Waals surface area contributed by atoms with Crippen molar-refractivity contribution in [2.75, 3.05) is 0 Å². The first-order valence-corrected chi connectivity index (χ1v) is 6.64. The van der Waals surface area contributed by atoms with Crippen molar-refractivity contribution in [3.05, 3.63) is 41.7 Å². The minimum Gasteiger partial charge on any atom is -0.265 e. The van der Waals surface area contributed by atoms with Crippen molar-refractivity contribution in [1.29, 1.82) is 5.26 Å². The van der Waals surface area contributed by atoms with Gasteiger partial charge in [0.05, 0.1) is 15.9 Å². The van der Waals surface area contributed by atoms with Crippen LogP contribution in [0.2, 0.25) is 0 Å². The number of nitriles is 1. The zero-order valence-electron chi connectivity index (χ0n) is 10.5. The molecule has 1 aromatic carbocycles. The Balaban J connectivity index is 0.00000132. The SMILES string of the molecule is Cl.N#Cc1nc2ccc3nnn(-c4ccncc4)c3c2s1. The van der Waals surface area contributed by atoms with E-state index in [1.165, 1.54) is 11.3 Å². The number of hydrogen-bond donors (Lipinski definition) is 0. The van der Waals surface area contributed by atoms with Crippen molar-refractivity contribution in [3.8, 4) is 11.8 Å². The standard InChI is InChI=1S/C13H6N6S.ClH/c14-7-11-16-10-2-1-9-12(13(10)20-11)19(18-17-9)8-3-5-15-6-4-8;/h1-6H;1H. The number of thiazole rings is 1. The van der Waals surface area contributed by atoms with E-state index in [0.717, 1.165) is 26.9 Å². The zero-order valence-corrected chi connectivity index (χ0v) is 12.1. The van der Waals surface area contributed by atoms with Gasteiger partial charge in [-0.3, -0.25) is 4.98 Å². The van der Waals surface area contributed by atoms with Gasteiger partial charge in [0.1, 0.15) is 17.1 Å². The molecule has 0 N–H and O–H groups in total. The van der Waals surface area contributed by atoms with Crippen LogP contribution in [-0.4, -0.2) is 25.0 Å².